The van der Waals surface area contributed by atoms with Crippen molar-refractivity contribution in [1.29, 1.82) is 0 Å². The first-order valence-electron chi connectivity index (χ1n) is 6.95. The Morgan fingerprint density at radius 2 is 2.00 bits per heavy atom. The standard InChI is InChI=1S/C15H21BrN2O3/c1-4-5-14(19)17-18-15(20)12-8-11(16)6-7-13(12)21-9-10(2)3/h6-8,10H,4-5,9H2,1-3H3,(H,17,19)(H,18,20). The molecular formula is C15H21BrN2O3. The molecule has 0 aliphatic rings. The van der Waals surface area contributed by atoms with Crippen LogP contribution in [-0.2, 0) is 4.79 Å². The maximum Gasteiger partial charge on any atom is 0.273 e. The van der Waals surface area contributed by atoms with Crippen LogP contribution < -0.4 is 15.6 Å². The molecule has 0 radical (unpaired) electrons. The second-order valence-electron chi connectivity index (χ2n) is 5.10. The summed E-state index contributed by atoms with van der Waals surface area (Å²) in [6.45, 7) is 6.48. The predicted molar refractivity (Wildman–Crippen MR) is 85.0 cm³/mol. The van der Waals surface area contributed by atoms with Gasteiger partial charge in [0.05, 0.1) is 12.2 Å². The molecule has 0 spiro atoms. The summed E-state index contributed by atoms with van der Waals surface area (Å²) in [4.78, 5) is 23.5. The fourth-order valence-corrected chi connectivity index (χ4v) is 1.91. The Bertz CT molecular complexity index is 504. The quantitative estimate of drug-likeness (QED) is 0.769. The summed E-state index contributed by atoms with van der Waals surface area (Å²) < 4.78 is 6.40. The van der Waals surface area contributed by atoms with Gasteiger partial charge in [0.25, 0.3) is 5.91 Å². The molecule has 0 fully saturated rings. The number of hydrogen-bond donors (Lipinski definition) is 2. The summed E-state index contributed by atoms with van der Waals surface area (Å²) in [6.07, 6.45) is 1.09. The molecule has 0 saturated carbocycles. The van der Waals surface area contributed by atoms with Crippen LogP contribution in [0.5, 0.6) is 5.75 Å². The molecule has 5 nitrogen and oxygen atoms in total. The first-order chi connectivity index (χ1) is 9.93. The number of hydrogen-bond acceptors (Lipinski definition) is 3. The molecule has 0 heterocycles. The lowest BCUT2D eigenvalue weighted by Gasteiger charge is -2.14. The highest BCUT2D eigenvalue weighted by atomic mass is 79.9. The normalized spacial score (nSPS) is 10.3. The Morgan fingerprint density at radius 1 is 1.29 bits per heavy atom. The van der Waals surface area contributed by atoms with Crippen LogP contribution in [-0.4, -0.2) is 18.4 Å². The summed E-state index contributed by atoms with van der Waals surface area (Å²) in [5.74, 6) is 0.230. The van der Waals surface area contributed by atoms with Crippen LogP contribution in [0.25, 0.3) is 0 Å². The van der Waals surface area contributed by atoms with Gasteiger partial charge < -0.3 is 4.74 Å². The van der Waals surface area contributed by atoms with Crippen LogP contribution in [0.15, 0.2) is 22.7 Å². The molecule has 0 unspecified atom stereocenters. The van der Waals surface area contributed by atoms with Crippen molar-refractivity contribution in [3.8, 4) is 5.75 Å². The predicted octanol–water partition coefficient (Wildman–Crippen LogP) is 3.05. The van der Waals surface area contributed by atoms with Crippen LogP contribution in [0.2, 0.25) is 0 Å². The molecule has 116 valence electrons. The zero-order chi connectivity index (χ0) is 15.8. The van der Waals surface area contributed by atoms with Crippen LogP contribution in [0.4, 0.5) is 0 Å². The highest BCUT2D eigenvalue weighted by Gasteiger charge is 2.14. The van der Waals surface area contributed by atoms with Crippen molar-refractivity contribution in [2.24, 2.45) is 5.92 Å². The average molecular weight is 357 g/mol. The minimum absolute atomic E-state index is 0.217. The number of amides is 2. The van der Waals surface area contributed by atoms with Crippen molar-refractivity contribution in [2.75, 3.05) is 6.61 Å². The van der Waals surface area contributed by atoms with E-state index in [1.54, 1.807) is 12.1 Å². The van der Waals surface area contributed by atoms with Crippen molar-refractivity contribution in [2.45, 2.75) is 33.6 Å². The van der Waals surface area contributed by atoms with E-state index in [2.05, 4.69) is 26.8 Å². The monoisotopic (exact) mass is 356 g/mol. The lowest BCUT2D eigenvalue weighted by molar-refractivity contribution is -0.121. The van der Waals surface area contributed by atoms with Gasteiger partial charge in [0.2, 0.25) is 5.91 Å². The lowest BCUT2D eigenvalue weighted by atomic mass is 10.2. The molecule has 1 aromatic carbocycles. The summed E-state index contributed by atoms with van der Waals surface area (Å²) in [5, 5.41) is 0. The minimum atomic E-state index is -0.403. The molecule has 6 heteroatoms. The summed E-state index contributed by atoms with van der Waals surface area (Å²) >= 11 is 3.33. The van der Waals surface area contributed by atoms with Crippen LogP contribution >= 0.6 is 15.9 Å². The van der Waals surface area contributed by atoms with Gasteiger partial charge in [0.1, 0.15) is 5.75 Å². The van der Waals surface area contributed by atoms with E-state index >= 15 is 0 Å². The Hall–Kier alpha value is -1.56. The van der Waals surface area contributed by atoms with E-state index in [9.17, 15) is 9.59 Å². The van der Waals surface area contributed by atoms with Gasteiger partial charge in [-0.05, 0) is 30.5 Å². The highest BCUT2D eigenvalue weighted by Crippen LogP contribution is 2.23. The van der Waals surface area contributed by atoms with E-state index in [-0.39, 0.29) is 5.91 Å². The number of nitrogens with one attached hydrogen (secondary N) is 2. The maximum atomic E-state index is 12.1. The molecule has 0 aliphatic carbocycles. The van der Waals surface area contributed by atoms with Crippen LogP contribution in [0, 0.1) is 5.92 Å². The Balaban J connectivity index is 2.76. The molecule has 0 saturated heterocycles. The minimum Gasteiger partial charge on any atom is -0.492 e. The molecule has 0 bridgehead atoms. The van der Waals surface area contributed by atoms with E-state index in [0.717, 1.165) is 10.9 Å². The Labute approximate surface area is 133 Å². The number of hydrazine groups is 1. The number of halogens is 1. The average Bonchev–Trinajstić information content (AvgIpc) is 2.43. The second-order valence-corrected chi connectivity index (χ2v) is 6.01. The van der Waals surface area contributed by atoms with Gasteiger partial charge >= 0.3 is 0 Å². The summed E-state index contributed by atoms with van der Waals surface area (Å²) in [7, 11) is 0. The van der Waals surface area contributed by atoms with Crippen molar-refractivity contribution in [1.82, 2.24) is 10.9 Å². The van der Waals surface area contributed by atoms with E-state index in [1.165, 1.54) is 0 Å². The SMILES string of the molecule is CCCC(=O)NNC(=O)c1cc(Br)ccc1OCC(C)C. The molecule has 2 amide bonds. The lowest BCUT2D eigenvalue weighted by Crippen LogP contribution is -2.41. The smallest absolute Gasteiger partial charge is 0.273 e. The van der Waals surface area contributed by atoms with E-state index in [0.29, 0.717) is 30.3 Å². The molecule has 2 N–H and O–H groups in total. The van der Waals surface area contributed by atoms with E-state index in [4.69, 9.17) is 4.74 Å². The van der Waals surface area contributed by atoms with Crippen molar-refractivity contribution in [3.05, 3.63) is 28.2 Å². The molecule has 0 aromatic heterocycles. The third-order valence-corrected chi connectivity index (χ3v) is 3.04. The number of benzene rings is 1. The van der Waals surface area contributed by atoms with Crippen LogP contribution in [0.3, 0.4) is 0 Å². The second kappa shape index (κ2) is 8.67. The molecular weight excluding hydrogens is 336 g/mol. The first kappa shape index (κ1) is 17.5. The zero-order valence-electron chi connectivity index (χ0n) is 12.5. The van der Waals surface area contributed by atoms with Gasteiger partial charge in [-0.25, -0.2) is 0 Å². The fraction of sp³-hybridized carbons (Fsp3) is 0.467. The Kier molecular flexibility index (Phi) is 7.22. The third-order valence-electron chi connectivity index (χ3n) is 2.55. The largest absolute Gasteiger partial charge is 0.492 e. The number of carbonyl (C=O) groups excluding carboxylic acids is 2. The summed E-state index contributed by atoms with van der Waals surface area (Å²) in [6, 6.07) is 5.20. The zero-order valence-corrected chi connectivity index (χ0v) is 14.1. The van der Waals surface area contributed by atoms with Crippen molar-refractivity contribution in [3.63, 3.8) is 0 Å². The topological polar surface area (TPSA) is 67.4 Å². The summed E-state index contributed by atoms with van der Waals surface area (Å²) in [5.41, 5.74) is 5.16. The number of rotatable bonds is 6. The molecule has 21 heavy (non-hydrogen) atoms. The maximum absolute atomic E-state index is 12.1. The molecule has 1 rings (SSSR count). The van der Waals surface area contributed by atoms with Gasteiger partial charge in [-0.15, -0.1) is 0 Å². The van der Waals surface area contributed by atoms with E-state index < -0.39 is 5.91 Å². The van der Waals surface area contributed by atoms with Gasteiger partial charge in [-0.1, -0.05) is 36.7 Å². The molecule has 0 atom stereocenters. The molecule has 1 aromatic rings. The fourth-order valence-electron chi connectivity index (χ4n) is 1.55. The van der Waals surface area contributed by atoms with Gasteiger partial charge in [0, 0.05) is 10.9 Å². The number of carbonyl (C=O) groups is 2. The van der Waals surface area contributed by atoms with Gasteiger partial charge in [-0.2, -0.15) is 0 Å². The van der Waals surface area contributed by atoms with Gasteiger partial charge in [0.15, 0.2) is 0 Å². The van der Waals surface area contributed by atoms with Crippen LogP contribution in [0.1, 0.15) is 44.0 Å². The van der Waals surface area contributed by atoms with Crippen molar-refractivity contribution < 1.29 is 14.3 Å². The van der Waals surface area contributed by atoms with Gasteiger partial charge in [-0.3, -0.25) is 20.4 Å². The third kappa shape index (κ3) is 6.16. The van der Waals surface area contributed by atoms with Crippen molar-refractivity contribution >= 4 is 27.7 Å². The Morgan fingerprint density at radius 3 is 2.62 bits per heavy atom. The number of ether oxygens (including phenoxy) is 1. The highest BCUT2D eigenvalue weighted by molar-refractivity contribution is 9.10. The first-order valence-corrected chi connectivity index (χ1v) is 7.74. The molecule has 0 aliphatic heterocycles. The van der Waals surface area contributed by atoms with E-state index in [1.807, 2.05) is 26.8 Å².